The second-order valence-corrected chi connectivity index (χ2v) is 5.03. The van der Waals surface area contributed by atoms with Crippen molar-refractivity contribution in [3.8, 4) is 11.5 Å². The van der Waals surface area contributed by atoms with Crippen LogP contribution in [-0.4, -0.2) is 9.97 Å². The predicted molar refractivity (Wildman–Crippen MR) is 78.5 cm³/mol. The molecule has 0 amide bonds. The smallest absolute Gasteiger partial charge is 0.159 e. The molecule has 0 radical (unpaired) electrons. The van der Waals surface area contributed by atoms with Gasteiger partial charge in [-0.1, -0.05) is 18.2 Å². The number of fused-ring (bicyclic) bond motifs is 1. The van der Waals surface area contributed by atoms with Crippen LogP contribution in [0.1, 0.15) is 5.69 Å². The number of aromatic nitrogens is 2. The fourth-order valence-corrected chi connectivity index (χ4v) is 2.15. The van der Waals surface area contributed by atoms with E-state index in [1.807, 2.05) is 43.3 Å². The summed E-state index contributed by atoms with van der Waals surface area (Å²) in [6.07, 6.45) is 3.39. The Kier molecular flexibility index (Phi) is 3.17. The first kappa shape index (κ1) is 12.1. The van der Waals surface area contributed by atoms with Crippen LogP contribution in [0.15, 0.2) is 53.3 Å². The minimum absolute atomic E-state index is 0.683. The van der Waals surface area contributed by atoms with Crippen molar-refractivity contribution in [2.24, 2.45) is 0 Å². The summed E-state index contributed by atoms with van der Waals surface area (Å²) in [6.45, 7) is 1.94. The van der Waals surface area contributed by atoms with E-state index in [0.717, 1.165) is 26.8 Å². The molecule has 0 atom stereocenters. The van der Waals surface area contributed by atoms with Crippen molar-refractivity contribution >= 4 is 26.8 Å². The van der Waals surface area contributed by atoms with E-state index in [9.17, 15) is 0 Å². The molecule has 2 heterocycles. The van der Waals surface area contributed by atoms with Crippen molar-refractivity contribution in [1.29, 1.82) is 0 Å². The lowest BCUT2D eigenvalue weighted by molar-refractivity contribution is 0.471. The molecule has 0 aliphatic heterocycles. The highest BCUT2D eigenvalue weighted by atomic mass is 79.9. The maximum Gasteiger partial charge on any atom is 0.159 e. The monoisotopic (exact) mass is 314 g/mol. The molecule has 4 heteroatoms. The fourth-order valence-electron chi connectivity index (χ4n) is 1.85. The average molecular weight is 315 g/mol. The molecule has 0 saturated carbocycles. The predicted octanol–water partition coefficient (Wildman–Crippen LogP) is 4.49. The third-order valence-corrected chi connectivity index (χ3v) is 3.48. The van der Waals surface area contributed by atoms with Crippen molar-refractivity contribution in [1.82, 2.24) is 9.97 Å². The summed E-state index contributed by atoms with van der Waals surface area (Å²) >= 11 is 3.44. The van der Waals surface area contributed by atoms with E-state index in [1.54, 1.807) is 12.4 Å². The molecule has 0 unspecified atom stereocenters. The number of hydrogen-bond acceptors (Lipinski definition) is 3. The van der Waals surface area contributed by atoms with Crippen LogP contribution < -0.4 is 4.74 Å². The average Bonchev–Trinajstić information content (AvgIpc) is 2.42. The Morgan fingerprint density at radius 2 is 1.95 bits per heavy atom. The van der Waals surface area contributed by atoms with Crippen molar-refractivity contribution in [3.63, 3.8) is 0 Å². The van der Waals surface area contributed by atoms with Gasteiger partial charge in [0.05, 0.1) is 21.9 Å². The van der Waals surface area contributed by atoms with Crippen LogP contribution in [0.2, 0.25) is 0 Å². The molecule has 0 saturated heterocycles. The number of para-hydroxylation sites is 1. The normalized spacial score (nSPS) is 10.6. The number of nitrogens with zero attached hydrogens (tertiary/aromatic N) is 2. The molecule has 3 aromatic rings. The number of halogens is 1. The van der Waals surface area contributed by atoms with Crippen molar-refractivity contribution in [3.05, 3.63) is 59.0 Å². The maximum absolute atomic E-state index is 5.88. The van der Waals surface area contributed by atoms with Crippen LogP contribution >= 0.6 is 15.9 Å². The number of pyridine rings is 2. The maximum atomic E-state index is 5.88. The molecule has 0 bridgehead atoms. The molecule has 1 aromatic carbocycles. The summed E-state index contributed by atoms with van der Waals surface area (Å²) in [5, 5.41) is 1.06. The Morgan fingerprint density at radius 3 is 2.79 bits per heavy atom. The lowest BCUT2D eigenvalue weighted by Crippen LogP contribution is -1.92. The quantitative estimate of drug-likeness (QED) is 0.699. The van der Waals surface area contributed by atoms with E-state index in [4.69, 9.17) is 4.74 Å². The summed E-state index contributed by atoms with van der Waals surface area (Å²) in [7, 11) is 0. The Balaban J connectivity index is 2.06. The van der Waals surface area contributed by atoms with Gasteiger partial charge >= 0.3 is 0 Å². The van der Waals surface area contributed by atoms with E-state index < -0.39 is 0 Å². The van der Waals surface area contributed by atoms with Gasteiger partial charge in [-0.2, -0.15) is 0 Å². The largest absolute Gasteiger partial charge is 0.453 e. The van der Waals surface area contributed by atoms with Gasteiger partial charge in [0.2, 0.25) is 0 Å². The highest BCUT2D eigenvalue weighted by Crippen LogP contribution is 2.31. The minimum Gasteiger partial charge on any atom is -0.453 e. The first-order chi connectivity index (χ1) is 9.24. The molecule has 3 rings (SSSR count). The van der Waals surface area contributed by atoms with E-state index in [-0.39, 0.29) is 0 Å². The molecule has 3 nitrogen and oxygen atoms in total. The van der Waals surface area contributed by atoms with Gasteiger partial charge < -0.3 is 4.74 Å². The van der Waals surface area contributed by atoms with Gasteiger partial charge in [-0.05, 0) is 41.1 Å². The molecule has 0 spiro atoms. The second kappa shape index (κ2) is 4.97. The van der Waals surface area contributed by atoms with Gasteiger partial charge in [0.1, 0.15) is 5.75 Å². The zero-order valence-corrected chi connectivity index (χ0v) is 11.9. The summed E-state index contributed by atoms with van der Waals surface area (Å²) in [5.41, 5.74) is 1.83. The molecule has 0 fully saturated rings. The molecule has 0 aliphatic rings. The van der Waals surface area contributed by atoms with Gasteiger partial charge in [0.15, 0.2) is 5.75 Å². The summed E-state index contributed by atoms with van der Waals surface area (Å²) in [5.74, 6) is 1.43. The van der Waals surface area contributed by atoms with Crippen molar-refractivity contribution in [2.45, 2.75) is 6.92 Å². The van der Waals surface area contributed by atoms with Crippen LogP contribution in [0, 0.1) is 6.92 Å². The molecule has 94 valence electrons. The van der Waals surface area contributed by atoms with Crippen molar-refractivity contribution in [2.75, 3.05) is 0 Å². The molecular weight excluding hydrogens is 304 g/mol. The van der Waals surface area contributed by atoms with Crippen LogP contribution in [0.25, 0.3) is 10.9 Å². The van der Waals surface area contributed by atoms with Crippen LogP contribution in [0.5, 0.6) is 11.5 Å². The molecule has 2 aromatic heterocycles. The van der Waals surface area contributed by atoms with E-state index in [1.165, 1.54) is 0 Å². The highest BCUT2D eigenvalue weighted by molar-refractivity contribution is 9.10. The molecule has 0 N–H and O–H groups in total. The summed E-state index contributed by atoms with van der Waals surface area (Å²) < 4.78 is 6.75. The lowest BCUT2D eigenvalue weighted by atomic mass is 10.2. The van der Waals surface area contributed by atoms with E-state index >= 15 is 0 Å². The van der Waals surface area contributed by atoms with Crippen molar-refractivity contribution < 1.29 is 4.74 Å². The van der Waals surface area contributed by atoms with Gasteiger partial charge in [-0.15, -0.1) is 0 Å². The number of hydrogen-bond donors (Lipinski definition) is 0. The van der Waals surface area contributed by atoms with Crippen LogP contribution in [-0.2, 0) is 0 Å². The van der Waals surface area contributed by atoms with Crippen LogP contribution in [0.4, 0.5) is 0 Å². The molecule has 19 heavy (non-hydrogen) atoms. The Hall–Kier alpha value is -1.94. The number of ether oxygens (including phenoxy) is 1. The van der Waals surface area contributed by atoms with E-state index in [2.05, 4.69) is 25.9 Å². The summed E-state index contributed by atoms with van der Waals surface area (Å²) in [4.78, 5) is 8.60. The molecular formula is C15H11BrN2O. The SMILES string of the molecule is Cc1nc2ccccc2cc1Oc1cnccc1Br. The topological polar surface area (TPSA) is 35.0 Å². The Labute approximate surface area is 119 Å². The number of benzene rings is 1. The fraction of sp³-hybridized carbons (Fsp3) is 0.0667. The van der Waals surface area contributed by atoms with Gasteiger partial charge in [-0.3, -0.25) is 4.98 Å². The highest BCUT2D eigenvalue weighted by Gasteiger charge is 2.07. The summed E-state index contributed by atoms with van der Waals surface area (Å²) in [6, 6.07) is 11.8. The zero-order chi connectivity index (χ0) is 13.2. The Morgan fingerprint density at radius 1 is 1.11 bits per heavy atom. The standard InChI is InChI=1S/C15H11BrN2O/c1-10-14(19-15-9-17-7-6-12(15)16)8-11-4-2-3-5-13(11)18-10/h2-9H,1H3. The van der Waals surface area contributed by atoms with Gasteiger partial charge in [-0.25, -0.2) is 4.98 Å². The zero-order valence-electron chi connectivity index (χ0n) is 10.3. The lowest BCUT2D eigenvalue weighted by Gasteiger charge is -2.10. The third-order valence-electron chi connectivity index (χ3n) is 2.82. The number of rotatable bonds is 2. The van der Waals surface area contributed by atoms with Crippen LogP contribution in [0.3, 0.4) is 0 Å². The van der Waals surface area contributed by atoms with Gasteiger partial charge in [0.25, 0.3) is 0 Å². The first-order valence-electron chi connectivity index (χ1n) is 5.88. The Bertz CT molecular complexity index is 743. The minimum atomic E-state index is 0.683. The van der Waals surface area contributed by atoms with Gasteiger partial charge in [0, 0.05) is 11.6 Å². The second-order valence-electron chi connectivity index (χ2n) is 4.17. The molecule has 0 aliphatic carbocycles. The third kappa shape index (κ3) is 2.44. The number of aryl methyl sites for hydroxylation is 1. The first-order valence-corrected chi connectivity index (χ1v) is 6.67. The van der Waals surface area contributed by atoms with E-state index in [0.29, 0.717) is 5.75 Å².